The van der Waals surface area contributed by atoms with E-state index in [4.69, 9.17) is 0 Å². The second kappa shape index (κ2) is 3.54. The lowest BCUT2D eigenvalue weighted by Gasteiger charge is -2.41. The molecule has 0 aromatic heterocycles. The van der Waals surface area contributed by atoms with E-state index in [0.29, 0.717) is 0 Å². The Bertz CT molecular complexity index is 332. The van der Waals surface area contributed by atoms with Crippen LogP contribution in [0.4, 0.5) is 0 Å². The molecule has 0 unspecified atom stereocenters. The standard InChI is InChI=1S/C13H20Si/c1-4-14(9-6-10-14)13-8-5-7-11(2)12(13)3/h5,7-8H,4,6,9-10H2,1-3H3. The van der Waals surface area contributed by atoms with Gasteiger partial charge in [0.2, 0.25) is 0 Å². The van der Waals surface area contributed by atoms with E-state index in [1.165, 1.54) is 30.1 Å². The Labute approximate surface area is 88.4 Å². The van der Waals surface area contributed by atoms with Crippen molar-refractivity contribution in [3.63, 3.8) is 0 Å². The van der Waals surface area contributed by atoms with Gasteiger partial charge in [-0.05, 0) is 25.0 Å². The summed E-state index contributed by atoms with van der Waals surface area (Å²) in [5.74, 6) is 0. The van der Waals surface area contributed by atoms with Crippen LogP contribution in [-0.2, 0) is 0 Å². The normalized spacial score (nSPS) is 19.1. The highest BCUT2D eigenvalue weighted by molar-refractivity contribution is 6.94. The van der Waals surface area contributed by atoms with Crippen LogP contribution in [0.15, 0.2) is 18.2 Å². The maximum Gasteiger partial charge on any atom is 0.0867 e. The average Bonchev–Trinajstić information content (AvgIpc) is 2.11. The van der Waals surface area contributed by atoms with Crippen molar-refractivity contribution in [1.82, 2.24) is 0 Å². The third-order valence-electron chi connectivity index (χ3n) is 4.16. The van der Waals surface area contributed by atoms with Crippen molar-refractivity contribution in [2.24, 2.45) is 0 Å². The molecule has 1 aromatic carbocycles. The Hall–Kier alpha value is -0.563. The largest absolute Gasteiger partial charge is 0.0867 e. The van der Waals surface area contributed by atoms with Crippen LogP contribution in [0.2, 0.25) is 18.1 Å². The summed E-state index contributed by atoms with van der Waals surface area (Å²) < 4.78 is 0. The summed E-state index contributed by atoms with van der Waals surface area (Å²) >= 11 is 0. The summed E-state index contributed by atoms with van der Waals surface area (Å²) in [6.07, 6.45) is 1.48. The van der Waals surface area contributed by atoms with Gasteiger partial charge in [0, 0.05) is 0 Å². The highest BCUT2D eigenvalue weighted by Crippen LogP contribution is 2.36. The van der Waals surface area contributed by atoms with E-state index < -0.39 is 8.07 Å². The molecule has 0 spiro atoms. The van der Waals surface area contributed by atoms with Gasteiger partial charge in [-0.15, -0.1) is 0 Å². The smallest absolute Gasteiger partial charge is 0.0675 e. The molecule has 1 heterocycles. The molecule has 0 aliphatic carbocycles. The zero-order valence-electron chi connectivity index (χ0n) is 9.56. The van der Waals surface area contributed by atoms with E-state index in [9.17, 15) is 0 Å². The lowest BCUT2D eigenvalue weighted by molar-refractivity contribution is 0.895. The molecule has 2 rings (SSSR count). The van der Waals surface area contributed by atoms with E-state index in [2.05, 4.69) is 39.0 Å². The van der Waals surface area contributed by atoms with Crippen LogP contribution in [0.3, 0.4) is 0 Å². The molecule has 1 aromatic rings. The Morgan fingerprint density at radius 1 is 1.21 bits per heavy atom. The van der Waals surface area contributed by atoms with E-state index in [1.807, 2.05) is 0 Å². The molecular weight excluding hydrogens is 184 g/mol. The Balaban J connectivity index is 2.45. The van der Waals surface area contributed by atoms with Gasteiger partial charge in [-0.25, -0.2) is 0 Å². The van der Waals surface area contributed by atoms with Crippen LogP contribution < -0.4 is 5.19 Å². The second-order valence-corrected chi connectivity index (χ2v) is 9.54. The minimum absolute atomic E-state index is 0.969. The summed E-state index contributed by atoms with van der Waals surface area (Å²) in [4.78, 5) is 0. The van der Waals surface area contributed by atoms with Crippen LogP contribution in [0, 0.1) is 13.8 Å². The highest BCUT2D eigenvalue weighted by Gasteiger charge is 2.40. The third kappa shape index (κ3) is 1.34. The van der Waals surface area contributed by atoms with Crippen molar-refractivity contribution < 1.29 is 0 Å². The van der Waals surface area contributed by atoms with Gasteiger partial charge >= 0.3 is 0 Å². The number of aryl methyl sites for hydroxylation is 1. The van der Waals surface area contributed by atoms with E-state index in [1.54, 1.807) is 10.8 Å². The van der Waals surface area contributed by atoms with Crippen LogP contribution in [0.25, 0.3) is 0 Å². The molecule has 14 heavy (non-hydrogen) atoms. The zero-order valence-corrected chi connectivity index (χ0v) is 10.6. The lowest BCUT2D eigenvalue weighted by atomic mass is 10.1. The maximum atomic E-state index is 2.40. The van der Waals surface area contributed by atoms with Crippen molar-refractivity contribution in [2.75, 3.05) is 0 Å². The number of hydrogen-bond acceptors (Lipinski definition) is 0. The van der Waals surface area contributed by atoms with Crippen LogP contribution in [0.5, 0.6) is 0 Å². The first-order valence-corrected chi connectivity index (χ1v) is 8.38. The van der Waals surface area contributed by atoms with Gasteiger partial charge < -0.3 is 0 Å². The molecule has 1 saturated heterocycles. The van der Waals surface area contributed by atoms with E-state index >= 15 is 0 Å². The summed E-state index contributed by atoms with van der Waals surface area (Å²) in [5, 5.41) is 1.76. The molecule has 0 saturated carbocycles. The number of hydrogen-bond donors (Lipinski definition) is 0. The fraction of sp³-hybridized carbons (Fsp3) is 0.538. The van der Waals surface area contributed by atoms with Gasteiger partial charge in [-0.2, -0.15) is 0 Å². The van der Waals surface area contributed by atoms with Crippen molar-refractivity contribution >= 4 is 13.3 Å². The molecule has 0 nitrogen and oxygen atoms in total. The first-order chi connectivity index (χ1) is 6.69. The number of benzene rings is 1. The topological polar surface area (TPSA) is 0 Å². The molecule has 1 aliphatic rings. The Morgan fingerprint density at radius 2 is 1.93 bits per heavy atom. The predicted octanol–water partition coefficient (Wildman–Crippen LogP) is 3.38. The monoisotopic (exact) mass is 204 g/mol. The fourth-order valence-corrected chi connectivity index (χ4v) is 7.02. The van der Waals surface area contributed by atoms with E-state index in [-0.39, 0.29) is 0 Å². The predicted molar refractivity (Wildman–Crippen MR) is 66.0 cm³/mol. The SMILES string of the molecule is CC[Si]1(c2cccc(C)c2C)CCC1. The molecule has 0 N–H and O–H groups in total. The van der Waals surface area contributed by atoms with Gasteiger partial charge in [0.25, 0.3) is 0 Å². The number of rotatable bonds is 2. The summed E-state index contributed by atoms with van der Waals surface area (Å²) in [6, 6.07) is 11.4. The molecule has 0 radical (unpaired) electrons. The fourth-order valence-electron chi connectivity index (χ4n) is 2.74. The summed E-state index contributed by atoms with van der Waals surface area (Å²) in [7, 11) is -0.969. The maximum absolute atomic E-state index is 2.40. The molecule has 76 valence electrons. The van der Waals surface area contributed by atoms with Crippen molar-refractivity contribution in [3.05, 3.63) is 29.3 Å². The Kier molecular flexibility index (Phi) is 2.52. The van der Waals surface area contributed by atoms with Gasteiger partial charge in [0.15, 0.2) is 0 Å². The quantitative estimate of drug-likeness (QED) is 0.648. The first-order valence-electron chi connectivity index (χ1n) is 5.76. The summed E-state index contributed by atoms with van der Waals surface area (Å²) in [6.45, 7) is 6.95. The lowest BCUT2D eigenvalue weighted by Crippen LogP contribution is -2.53. The van der Waals surface area contributed by atoms with Gasteiger partial charge in [0.1, 0.15) is 0 Å². The molecule has 0 bridgehead atoms. The molecule has 1 fully saturated rings. The van der Waals surface area contributed by atoms with Gasteiger partial charge in [-0.1, -0.05) is 54.9 Å². The second-order valence-electron chi connectivity index (χ2n) is 4.73. The third-order valence-corrected chi connectivity index (χ3v) is 9.82. The molecule has 0 amide bonds. The van der Waals surface area contributed by atoms with Crippen molar-refractivity contribution in [1.29, 1.82) is 0 Å². The highest BCUT2D eigenvalue weighted by atomic mass is 28.3. The zero-order chi connectivity index (χ0) is 10.2. The molecule has 1 aliphatic heterocycles. The molecule has 1 heteroatoms. The van der Waals surface area contributed by atoms with Crippen molar-refractivity contribution in [3.8, 4) is 0 Å². The minimum atomic E-state index is -0.969. The molecule has 0 atom stereocenters. The van der Waals surface area contributed by atoms with Crippen LogP contribution in [-0.4, -0.2) is 8.07 Å². The van der Waals surface area contributed by atoms with Crippen LogP contribution >= 0.6 is 0 Å². The first kappa shape index (κ1) is 9.97. The minimum Gasteiger partial charge on any atom is -0.0675 e. The van der Waals surface area contributed by atoms with E-state index in [0.717, 1.165) is 0 Å². The van der Waals surface area contributed by atoms with Crippen molar-refractivity contribution in [2.45, 2.75) is 45.3 Å². The summed E-state index contributed by atoms with van der Waals surface area (Å²) in [5.41, 5.74) is 3.07. The average molecular weight is 204 g/mol. The van der Waals surface area contributed by atoms with Crippen LogP contribution in [0.1, 0.15) is 24.5 Å². The van der Waals surface area contributed by atoms with Gasteiger partial charge in [-0.3, -0.25) is 0 Å². The van der Waals surface area contributed by atoms with Gasteiger partial charge in [0.05, 0.1) is 8.07 Å². The Morgan fingerprint density at radius 3 is 2.43 bits per heavy atom. The molecular formula is C13H20Si.